The van der Waals surface area contributed by atoms with Gasteiger partial charge in [0, 0.05) is 26.3 Å². The van der Waals surface area contributed by atoms with Crippen LogP contribution in [0.1, 0.15) is 19.3 Å². The number of rotatable bonds is 5. The highest BCUT2D eigenvalue weighted by Gasteiger charge is 2.10. The van der Waals surface area contributed by atoms with Gasteiger partial charge in [-0.3, -0.25) is 9.59 Å². The monoisotopic (exact) mass is 441 g/mol. The molecule has 0 saturated carbocycles. The van der Waals surface area contributed by atoms with Crippen LogP contribution in [0.2, 0.25) is 0 Å². The van der Waals surface area contributed by atoms with Crippen molar-refractivity contribution in [1.82, 2.24) is 0 Å². The second-order valence-corrected chi connectivity index (χ2v) is 6.16. The summed E-state index contributed by atoms with van der Waals surface area (Å²) < 4.78 is 2.37. The van der Waals surface area contributed by atoms with Crippen molar-refractivity contribution in [3.63, 3.8) is 0 Å². The first-order valence-corrected chi connectivity index (χ1v) is 7.44. The van der Waals surface area contributed by atoms with Crippen LogP contribution in [0.15, 0.2) is 25.6 Å². The van der Waals surface area contributed by atoms with Gasteiger partial charge >= 0.3 is 5.97 Å². The highest BCUT2D eigenvalue weighted by atomic mass is 79.9. The van der Waals surface area contributed by atoms with Crippen molar-refractivity contribution in [2.24, 2.45) is 0 Å². The molecule has 1 aromatic rings. The molecule has 0 aromatic heterocycles. The third-order valence-electron chi connectivity index (χ3n) is 2.07. The first kappa shape index (κ1) is 15.7. The summed E-state index contributed by atoms with van der Waals surface area (Å²) in [6.07, 6.45) is 0.504. The van der Waals surface area contributed by atoms with E-state index in [9.17, 15) is 9.59 Å². The zero-order valence-electron chi connectivity index (χ0n) is 9.17. The third-order valence-corrected chi connectivity index (χ3v) is 3.77. The Morgan fingerprint density at radius 1 is 1.11 bits per heavy atom. The minimum Gasteiger partial charge on any atom is -0.481 e. The van der Waals surface area contributed by atoms with Crippen LogP contribution in [0.4, 0.5) is 5.69 Å². The van der Waals surface area contributed by atoms with Crippen LogP contribution in [0, 0.1) is 0 Å². The van der Waals surface area contributed by atoms with Gasteiger partial charge in [-0.1, -0.05) is 15.9 Å². The van der Waals surface area contributed by atoms with Gasteiger partial charge in [0.05, 0.1) is 5.69 Å². The van der Waals surface area contributed by atoms with E-state index in [2.05, 4.69) is 53.1 Å². The van der Waals surface area contributed by atoms with E-state index in [0.717, 1.165) is 13.4 Å². The van der Waals surface area contributed by atoms with E-state index >= 15 is 0 Å². The summed E-state index contributed by atoms with van der Waals surface area (Å²) in [5, 5.41) is 11.2. The predicted octanol–water partition coefficient (Wildman–Crippen LogP) is 4.17. The predicted molar refractivity (Wildman–Crippen MR) is 79.7 cm³/mol. The highest BCUT2D eigenvalue weighted by Crippen LogP contribution is 2.34. The van der Waals surface area contributed by atoms with Gasteiger partial charge in [0.1, 0.15) is 0 Å². The first-order chi connectivity index (χ1) is 8.40. The molecule has 0 fully saturated rings. The van der Waals surface area contributed by atoms with E-state index in [1.807, 2.05) is 12.1 Å². The Balaban J connectivity index is 2.62. The van der Waals surface area contributed by atoms with E-state index in [1.54, 1.807) is 0 Å². The second-order valence-electron chi connectivity index (χ2n) is 3.54. The number of carbonyl (C=O) groups excluding carboxylic acids is 1. The number of carbonyl (C=O) groups is 2. The van der Waals surface area contributed by atoms with Crippen LogP contribution in [-0.2, 0) is 9.59 Å². The van der Waals surface area contributed by atoms with Crippen LogP contribution in [-0.4, -0.2) is 17.0 Å². The van der Waals surface area contributed by atoms with Gasteiger partial charge in [-0.25, -0.2) is 0 Å². The smallest absolute Gasteiger partial charge is 0.303 e. The largest absolute Gasteiger partial charge is 0.481 e. The lowest BCUT2D eigenvalue weighted by Crippen LogP contribution is -2.12. The molecule has 0 spiro atoms. The van der Waals surface area contributed by atoms with Crippen LogP contribution >= 0.6 is 47.8 Å². The number of amides is 1. The molecule has 4 nitrogen and oxygen atoms in total. The van der Waals surface area contributed by atoms with E-state index in [4.69, 9.17) is 5.11 Å². The second kappa shape index (κ2) is 7.25. The number of aliphatic carboxylic acids is 1. The van der Waals surface area contributed by atoms with Gasteiger partial charge in [0.2, 0.25) is 5.91 Å². The maximum Gasteiger partial charge on any atom is 0.303 e. The van der Waals surface area contributed by atoms with E-state index < -0.39 is 5.97 Å². The Morgan fingerprint density at radius 2 is 1.67 bits per heavy atom. The fraction of sp³-hybridized carbons (Fsp3) is 0.273. The lowest BCUT2D eigenvalue weighted by Gasteiger charge is -2.10. The normalized spacial score (nSPS) is 10.2. The van der Waals surface area contributed by atoms with Crippen molar-refractivity contribution < 1.29 is 14.7 Å². The zero-order chi connectivity index (χ0) is 13.7. The van der Waals surface area contributed by atoms with Gasteiger partial charge in [-0.15, -0.1) is 0 Å². The van der Waals surface area contributed by atoms with Crippen LogP contribution in [0.3, 0.4) is 0 Å². The third kappa shape index (κ3) is 5.07. The maximum absolute atomic E-state index is 11.6. The number of hydrogen-bond acceptors (Lipinski definition) is 2. The van der Waals surface area contributed by atoms with Crippen LogP contribution in [0.5, 0.6) is 0 Å². The summed E-state index contributed by atoms with van der Waals surface area (Å²) in [7, 11) is 0. The fourth-order valence-electron chi connectivity index (χ4n) is 1.26. The van der Waals surface area contributed by atoms with Crippen molar-refractivity contribution >= 4 is 65.4 Å². The molecule has 2 N–H and O–H groups in total. The van der Waals surface area contributed by atoms with Crippen LogP contribution in [0.25, 0.3) is 0 Å². The SMILES string of the molecule is O=C(O)CCCC(=O)Nc1c(Br)cc(Br)cc1Br. The van der Waals surface area contributed by atoms with Gasteiger partial charge in [0.15, 0.2) is 0 Å². The fourth-order valence-corrected chi connectivity index (χ4v) is 3.72. The summed E-state index contributed by atoms with van der Waals surface area (Å²) in [6, 6.07) is 3.63. The summed E-state index contributed by atoms with van der Waals surface area (Å²) in [6.45, 7) is 0. The number of carboxylic acid groups (broad SMARTS) is 1. The van der Waals surface area contributed by atoms with E-state index in [1.165, 1.54) is 0 Å². The molecule has 0 heterocycles. The first-order valence-electron chi connectivity index (χ1n) is 5.06. The molecule has 0 aliphatic carbocycles. The number of halogens is 3. The Kier molecular flexibility index (Phi) is 6.31. The van der Waals surface area contributed by atoms with E-state index in [-0.39, 0.29) is 18.7 Å². The molecule has 1 amide bonds. The quantitative estimate of drug-likeness (QED) is 0.717. The van der Waals surface area contributed by atoms with Crippen molar-refractivity contribution in [3.8, 4) is 0 Å². The molecule has 1 aromatic carbocycles. The minimum absolute atomic E-state index is 0.00387. The molecule has 0 unspecified atom stereocenters. The topological polar surface area (TPSA) is 66.4 Å². The van der Waals surface area contributed by atoms with Crippen molar-refractivity contribution in [2.45, 2.75) is 19.3 Å². The molecule has 7 heteroatoms. The molecule has 98 valence electrons. The summed E-state index contributed by atoms with van der Waals surface area (Å²) in [5.41, 5.74) is 0.638. The zero-order valence-corrected chi connectivity index (χ0v) is 13.9. The average molecular weight is 444 g/mol. The number of carboxylic acids is 1. The Morgan fingerprint density at radius 3 is 2.17 bits per heavy atom. The molecule has 0 aliphatic rings. The number of anilines is 1. The summed E-state index contributed by atoms with van der Waals surface area (Å²) in [5.74, 6) is -1.10. The van der Waals surface area contributed by atoms with Gasteiger partial charge in [0.25, 0.3) is 0 Å². The summed E-state index contributed by atoms with van der Waals surface area (Å²) >= 11 is 10.0. The van der Waals surface area contributed by atoms with Crippen LogP contribution < -0.4 is 5.32 Å². The molecular weight excluding hydrogens is 434 g/mol. The molecule has 0 saturated heterocycles. The lowest BCUT2D eigenvalue weighted by atomic mass is 10.2. The number of hydrogen-bond donors (Lipinski definition) is 2. The molecular formula is C11H10Br3NO3. The van der Waals surface area contributed by atoms with E-state index in [0.29, 0.717) is 12.1 Å². The van der Waals surface area contributed by atoms with Crippen molar-refractivity contribution in [3.05, 3.63) is 25.6 Å². The van der Waals surface area contributed by atoms with Gasteiger partial charge in [-0.05, 0) is 50.4 Å². The molecule has 18 heavy (non-hydrogen) atoms. The standard InChI is InChI=1S/C11H10Br3NO3/c12-6-4-7(13)11(8(14)5-6)15-9(16)2-1-3-10(17)18/h4-5H,1-3H2,(H,15,16)(H,17,18). The average Bonchev–Trinajstić information content (AvgIpc) is 2.22. The number of benzene rings is 1. The Hall–Kier alpha value is -0.400. The molecule has 1 rings (SSSR count). The molecule has 0 aliphatic heterocycles. The van der Waals surface area contributed by atoms with Crippen molar-refractivity contribution in [2.75, 3.05) is 5.32 Å². The molecule has 0 radical (unpaired) electrons. The van der Waals surface area contributed by atoms with Crippen molar-refractivity contribution in [1.29, 1.82) is 0 Å². The lowest BCUT2D eigenvalue weighted by molar-refractivity contribution is -0.137. The number of nitrogens with one attached hydrogen (secondary N) is 1. The Bertz CT molecular complexity index is 454. The minimum atomic E-state index is -0.895. The molecule has 0 bridgehead atoms. The maximum atomic E-state index is 11.6. The van der Waals surface area contributed by atoms with Gasteiger partial charge < -0.3 is 10.4 Å². The van der Waals surface area contributed by atoms with Gasteiger partial charge in [-0.2, -0.15) is 0 Å². The summed E-state index contributed by atoms with van der Waals surface area (Å²) in [4.78, 5) is 22.0. The Labute approximate surface area is 130 Å². The highest BCUT2D eigenvalue weighted by molar-refractivity contribution is 9.11. The molecule has 0 atom stereocenters.